The summed E-state index contributed by atoms with van der Waals surface area (Å²) in [4.78, 5) is 24.0. The summed E-state index contributed by atoms with van der Waals surface area (Å²) >= 11 is 0. The van der Waals surface area contributed by atoms with E-state index in [1.807, 2.05) is 28.9 Å². The highest BCUT2D eigenvalue weighted by Crippen LogP contribution is 2.27. The Morgan fingerprint density at radius 2 is 1.95 bits per heavy atom. The molecule has 10 nitrogen and oxygen atoms in total. The largest absolute Gasteiger partial charge is 0.494 e. The molecular weight excluding hydrogens is 468 g/mol. The third-order valence-electron chi connectivity index (χ3n) is 7.03. The number of hydrogen-bond donors (Lipinski definition) is 2. The first kappa shape index (κ1) is 23.4. The number of rotatable bonds is 9. The summed E-state index contributed by atoms with van der Waals surface area (Å²) in [7, 11) is 0. The number of ether oxygens (including phenoxy) is 1. The molecule has 2 aromatic carbocycles. The second kappa shape index (κ2) is 10.5. The lowest BCUT2D eigenvalue weighted by molar-refractivity contribution is 0.0821. The van der Waals surface area contributed by atoms with Crippen molar-refractivity contribution in [1.29, 1.82) is 0 Å². The number of fused-ring (bicyclic) bond motifs is 2. The van der Waals surface area contributed by atoms with Crippen molar-refractivity contribution in [2.75, 3.05) is 19.7 Å². The van der Waals surface area contributed by atoms with Crippen molar-refractivity contribution in [1.82, 2.24) is 40.1 Å². The van der Waals surface area contributed by atoms with Crippen molar-refractivity contribution in [3.63, 3.8) is 0 Å². The number of benzene rings is 2. The fourth-order valence-corrected chi connectivity index (χ4v) is 5.15. The van der Waals surface area contributed by atoms with E-state index < -0.39 is 0 Å². The molecule has 4 heterocycles. The molecule has 3 aromatic heterocycles. The zero-order chi connectivity index (χ0) is 25.0. The van der Waals surface area contributed by atoms with Gasteiger partial charge in [0.1, 0.15) is 11.9 Å². The maximum absolute atomic E-state index is 11.5. The number of nitrogens with one attached hydrogen (secondary N) is 2. The Kier molecular flexibility index (Phi) is 6.64. The maximum Gasteiger partial charge on any atom is 0.325 e. The summed E-state index contributed by atoms with van der Waals surface area (Å²) in [6, 6.07) is 18.3. The second-order valence-corrected chi connectivity index (χ2v) is 9.56. The van der Waals surface area contributed by atoms with Gasteiger partial charge in [0.2, 0.25) is 0 Å². The molecule has 2 N–H and O–H groups in total. The molecule has 1 aliphatic rings. The molecule has 1 fully saturated rings. The van der Waals surface area contributed by atoms with E-state index >= 15 is 0 Å². The summed E-state index contributed by atoms with van der Waals surface area (Å²) in [5, 5.41) is 13.6. The first-order valence-electron chi connectivity index (χ1n) is 12.9. The Bertz CT molecular complexity index is 1540. The Labute approximate surface area is 213 Å². The molecule has 1 aliphatic heterocycles. The topological polar surface area (TPSA) is 118 Å². The molecule has 37 heavy (non-hydrogen) atoms. The number of piperidine rings is 1. The summed E-state index contributed by atoms with van der Waals surface area (Å²) in [6.45, 7) is 2.62. The molecule has 0 bridgehead atoms. The summed E-state index contributed by atoms with van der Waals surface area (Å²) in [5.41, 5.74) is 3.14. The van der Waals surface area contributed by atoms with Crippen LogP contribution in [0.15, 0.2) is 59.4 Å². The predicted molar refractivity (Wildman–Crippen MR) is 140 cm³/mol. The standard InChI is InChI=1S/C27H30N8O2/c36-27-29-23-18-20-17-21(11-12-22(20)28-26(23)30-27)37-16-6-9-24-31-32-33-35(24)25-10-4-5-14-34(25)15-13-19-7-2-1-3-8-19/h1-3,7-8,11-12,17-18,25H,4-6,9-10,13-16H2,(H2,28,29,30,36). The smallest absolute Gasteiger partial charge is 0.325 e. The molecule has 0 saturated carbocycles. The van der Waals surface area contributed by atoms with Crippen LogP contribution in [0.2, 0.25) is 0 Å². The van der Waals surface area contributed by atoms with Crippen LogP contribution in [-0.2, 0) is 12.8 Å². The number of likely N-dealkylation sites (tertiary alicyclic amines) is 1. The van der Waals surface area contributed by atoms with Crippen LogP contribution in [0.4, 0.5) is 0 Å². The highest BCUT2D eigenvalue weighted by molar-refractivity contribution is 5.89. The lowest BCUT2D eigenvalue weighted by atomic mass is 10.1. The van der Waals surface area contributed by atoms with Gasteiger partial charge in [-0.05, 0) is 72.4 Å². The van der Waals surface area contributed by atoms with Crippen LogP contribution in [0.3, 0.4) is 0 Å². The third kappa shape index (κ3) is 5.24. The molecule has 6 rings (SSSR count). The monoisotopic (exact) mass is 498 g/mol. The van der Waals surface area contributed by atoms with Crippen LogP contribution < -0.4 is 10.4 Å². The van der Waals surface area contributed by atoms with Crippen LogP contribution in [0, 0.1) is 0 Å². The van der Waals surface area contributed by atoms with E-state index in [9.17, 15) is 4.79 Å². The van der Waals surface area contributed by atoms with Gasteiger partial charge >= 0.3 is 5.69 Å². The van der Waals surface area contributed by atoms with Crippen molar-refractivity contribution in [3.8, 4) is 5.75 Å². The zero-order valence-corrected chi connectivity index (χ0v) is 20.6. The van der Waals surface area contributed by atoms with Gasteiger partial charge in [-0.3, -0.25) is 9.88 Å². The molecule has 1 saturated heterocycles. The number of pyridine rings is 1. The first-order chi connectivity index (χ1) is 18.2. The Balaban J connectivity index is 1.07. The van der Waals surface area contributed by atoms with Gasteiger partial charge in [0.25, 0.3) is 0 Å². The second-order valence-electron chi connectivity index (χ2n) is 9.56. The molecule has 5 aromatic rings. The third-order valence-corrected chi connectivity index (χ3v) is 7.03. The van der Waals surface area contributed by atoms with Gasteiger partial charge in [-0.2, -0.15) is 0 Å². The van der Waals surface area contributed by atoms with Crippen LogP contribution in [-0.4, -0.2) is 59.8 Å². The van der Waals surface area contributed by atoms with Crippen LogP contribution in [0.25, 0.3) is 22.1 Å². The zero-order valence-electron chi connectivity index (χ0n) is 20.6. The number of aromatic nitrogens is 7. The normalized spacial score (nSPS) is 16.5. The minimum absolute atomic E-state index is 0.202. The van der Waals surface area contributed by atoms with E-state index in [2.05, 4.69) is 65.7 Å². The molecule has 0 radical (unpaired) electrons. The quantitative estimate of drug-likeness (QED) is 0.298. The van der Waals surface area contributed by atoms with Crippen molar-refractivity contribution in [2.45, 2.75) is 44.7 Å². The van der Waals surface area contributed by atoms with Gasteiger partial charge in [-0.25, -0.2) is 14.5 Å². The van der Waals surface area contributed by atoms with E-state index in [4.69, 9.17) is 4.74 Å². The minimum Gasteiger partial charge on any atom is -0.494 e. The average Bonchev–Trinajstić information content (AvgIpc) is 3.54. The van der Waals surface area contributed by atoms with Crippen LogP contribution in [0.1, 0.15) is 43.2 Å². The van der Waals surface area contributed by atoms with Gasteiger partial charge in [0.15, 0.2) is 11.5 Å². The van der Waals surface area contributed by atoms with Crippen LogP contribution >= 0.6 is 0 Å². The van der Waals surface area contributed by atoms with Gasteiger partial charge in [0.05, 0.1) is 17.6 Å². The van der Waals surface area contributed by atoms with E-state index in [0.717, 1.165) is 61.2 Å². The summed E-state index contributed by atoms with van der Waals surface area (Å²) in [5.74, 6) is 1.67. The number of tetrazole rings is 1. The van der Waals surface area contributed by atoms with Crippen molar-refractivity contribution in [3.05, 3.63) is 76.5 Å². The predicted octanol–water partition coefficient (Wildman–Crippen LogP) is 3.63. The van der Waals surface area contributed by atoms with Gasteiger partial charge in [0, 0.05) is 24.9 Å². The average molecular weight is 499 g/mol. The molecule has 10 heteroatoms. The number of aromatic amines is 2. The van der Waals surface area contributed by atoms with Crippen molar-refractivity contribution >= 4 is 22.1 Å². The number of H-pyrrole nitrogens is 2. The Morgan fingerprint density at radius 1 is 1.03 bits per heavy atom. The Hall–Kier alpha value is -4.05. The lowest BCUT2D eigenvalue weighted by Gasteiger charge is -2.35. The van der Waals surface area contributed by atoms with Crippen molar-refractivity contribution < 1.29 is 4.74 Å². The molecule has 0 amide bonds. The highest BCUT2D eigenvalue weighted by atomic mass is 16.5. The molecule has 1 atom stereocenters. The number of aryl methyl sites for hydroxylation is 1. The summed E-state index contributed by atoms with van der Waals surface area (Å²) < 4.78 is 8.05. The molecule has 1 unspecified atom stereocenters. The van der Waals surface area contributed by atoms with E-state index in [-0.39, 0.29) is 11.9 Å². The van der Waals surface area contributed by atoms with E-state index in [1.54, 1.807) is 0 Å². The Morgan fingerprint density at radius 3 is 2.86 bits per heavy atom. The molecule has 0 aliphatic carbocycles. The number of nitrogens with zero attached hydrogens (tertiary/aromatic N) is 6. The fourth-order valence-electron chi connectivity index (χ4n) is 5.15. The highest BCUT2D eigenvalue weighted by Gasteiger charge is 2.26. The SMILES string of the molecule is O=c1[nH]c2cc3cc(OCCCc4nnnn4C4CCCCN4CCc4ccccc4)ccc3nc2[nH]1. The maximum atomic E-state index is 11.5. The molecule has 190 valence electrons. The van der Waals surface area contributed by atoms with Gasteiger partial charge in [-0.1, -0.05) is 30.3 Å². The fraction of sp³-hybridized carbons (Fsp3) is 0.370. The van der Waals surface area contributed by atoms with Gasteiger partial charge in [-0.15, -0.1) is 5.10 Å². The number of imidazole rings is 1. The first-order valence-corrected chi connectivity index (χ1v) is 12.9. The lowest BCUT2D eigenvalue weighted by Crippen LogP contribution is -2.39. The van der Waals surface area contributed by atoms with Crippen LogP contribution in [0.5, 0.6) is 5.75 Å². The summed E-state index contributed by atoms with van der Waals surface area (Å²) in [6.07, 6.45) is 6.24. The van der Waals surface area contributed by atoms with Gasteiger partial charge < -0.3 is 9.72 Å². The number of hydrogen-bond acceptors (Lipinski definition) is 7. The molecular formula is C27H30N8O2. The molecule has 0 spiro atoms. The van der Waals surface area contributed by atoms with E-state index in [1.165, 1.54) is 18.4 Å². The van der Waals surface area contributed by atoms with Crippen molar-refractivity contribution in [2.24, 2.45) is 0 Å². The minimum atomic E-state index is -0.260. The van der Waals surface area contributed by atoms with E-state index in [0.29, 0.717) is 17.8 Å².